The number of aromatic carboxylic acids is 1. The summed E-state index contributed by atoms with van der Waals surface area (Å²) in [5.74, 6) is -1.29. The maximum absolute atomic E-state index is 10.4. The molecule has 9 heteroatoms. The van der Waals surface area contributed by atoms with E-state index in [9.17, 15) is 14.9 Å². The molecular formula is C13H20N2O7. The lowest BCUT2D eigenvalue weighted by atomic mass is 10.2. The summed E-state index contributed by atoms with van der Waals surface area (Å²) in [6, 6.07) is 5.21. The lowest BCUT2D eigenvalue weighted by molar-refractivity contribution is -0.385. The average Bonchev–Trinajstić information content (AvgIpc) is 2.48. The van der Waals surface area contributed by atoms with Crippen LogP contribution in [0.3, 0.4) is 0 Å². The molecule has 0 atom stereocenters. The Kier molecular flexibility index (Phi) is 10.5. The molecule has 0 aromatic heterocycles. The molecule has 0 fully saturated rings. The lowest BCUT2D eigenvalue weighted by Crippen LogP contribution is -2.32. The number of carboxylic acids is 1. The molecule has 0 bridgehead atoms. The maximum atomic E-state index is 10.4. The lowest BCUT2D eigenvalue weighted by Gasteiger charge is -2.17. The van der Waals surface area contributed by atoms with Crippen molar-refractivity contribution < 1.29 is 30.1 Å². The number of nitro benzene ring substituents is 1. The summed E-state index contributed by atoms with van der Waals surface area (Å²) in [6.45, 7) is 1.75. The van der Waals surface area contributed by atoms with Crippen LogP contribution in [0.2, 0.25) is 0 Å². The standard InChI is InChI=1S/C7H5NO4.C6H15NO3/c9-7(10)5-3-1-2-4-6(5)8(11)12;8-4-1-7(2-5-9)3-6-10/h1-4H,(H,9,10);8-10H,1-6H2. The van der Waals surface area contributed by atoms with Gasteiger partial charge in [-0.2, -0.15) is 0 Å². The molecule has 0 radical (unpaired) electrons. The van der Waals surface area contributed by atoms with Crippen LogP contribution in [0.5, 0.6) is 0 Å². The van der Waals surface area contributed by atoms with Crippen molar-refractivity contribution >= 4 is 11.7 Å². The van der Waals surface area contributed by atoms with E-state index in [-0.39, 0.29) is 31.1 Å². The summed E-state index contributed by atoms with van der Waals surface area (Å²) < 4.78 is 0. The number of rotatable bonds is 8. The normalized spacial score (nSPS) is 10.0. The highest BCUT2D eigenvalue weighted by molar-refractivity contribution is 5.92. The van der Waals surface area contributed by atoms with E-state index in [1.54, 1.807) is 4.90 Å². The number of carbonyl (C=O) groups is 1. The second kappa shape index (κ2) is 11.6. The number of hydrogen-bond acceptors (Lipinski definition) is 7. The van der Waals surface area contributed by atoms with E-state index in [2.05, 4.69) is 0 Å². The van der Waals surface area contributed by atoms with E-state index >= 15 is 0 Å². The minimum Gasteiger partial charge on any atom is -0.477 e. The van der Waals surface area contributed by atoms with Gasteiger partial charge in [-0.1, -0.05) is 12.1 Å². The fourth-order valence-corrected chi connectivity index (χ4v) is 1.57. The van der Waals surface area contributed by atoms with Crippen molar-refractivity contribution in [1.82, 2.24) is 4.90 Å². The van der Waals surface area contributed by atoms with Gasteiger partial charge >= 0.3 is 5.97 Å². The van der Waals surface area contributed by atoms with Crippen molar-refractivity contribution in [3.63, 3.8) is 0 Å². The fourth-order valence-electron chi connectivity index (χ4n) is 1.57. The summed E-state index contributed by atoms with van der Waals surface area (Å²) in [4.78, 5) is 21.8. The van der Waals surface area contributed by atoms with Crippen LogP contribution in [-0.2, 0) is 0 Å². The highest BCUT2D eigenvalue weighted by Crippen LogP contribution is 2.16. The molecule has 0 aliphatic carbocycles. The second-order valence-electron chi connectivity index (χ2n) is 4.09. The Hall–Kier alpha value is -2.07. The van der Waals surface area contributed by atoms with Gasteiger partial charge in [-0.15, -0.1) is 0 Å². The Morgan fingerprint density at radius 3 is 1.82 bits per heavy atom. The second-order valence-corrected chi connectivity index (χ2v) is 4.09. The van der Waals surface area contributed by atoms with Gasteiger partial charge in [0.25, 0.3) is 5.69 Å². The highest BCUT2D eigenvalue weighted by atomic mass is 16.6. The molecule has 0 unspecified atom stereocenters. The Balaban J connectivity index is 0.000000409. The number of nitro groups is 1. The van der Waals surface area contributed by atoms with Crippen LogP contribution in [0.4, 0.5) is 5.69 Å². The van der Waals surface area contributed by atoms with Crippen molar-refractivity contribution in [1.29, 1.82) is 0 Å². The van der Waals surface area contributed by atoms with Crippen LogP contribution in [0.1, 0.15) is 10.4 Å². The van der Waals surface area contributed by atoms with E-state index in [1.165, 1.54) is 18.2 Å². The third-order valence-electron chi connectivity index (χ3n) is 2.58. The van der Waals surface area contributed by atoms with Gasteiger partial charge in [-0.3, -0.25) is 15.0 Å². The first kappa shape index (κ1) is 19.9. The zero-order valence-electron chi connectivity index (χ0n) is 12.0. The number of aliphatic hydroxyl groups is 3. The Labute approximate surface area is 127 Å². The van der Waals surface area contributed by atoms with Gasteiger partial charge in [0, 0.05) is 25.7 Å². The van der Waals surface area contributed by atoms with Crippen molar-refractivity contribution in [3.8, 4) is 0 Å². The van der Waals surface area contributed by atoms with Crippen LogP contribution < -0.4 is 0 Å². The van der Waals surface area contributed by atoms with E-state index in [1.807, 2.05) is 0 Å². The van der Waals surface area contributed by atoms with Crippen LogP contribution in [-0.4, -0.2) is 75.7 Å². The molecule has 0 spiro atoms. The van der Waals surface area contributed by atoms with E-state index in [0.717, 1.165) is 6.07 Å². The minimum atomic E-state index is -1.29. The predicted molar refractivity (Wildman–Crippen MR) is 77.8 cm³/mol. The monoisotopic (exact) mass is 316 g/mol. The van der Waals surface area contributed by atoms with Gasteiger partial charge in [-0.05, 0) is 6.07 Å². The summed E-state index contributed by atoms with van der Waals surface area (Å²) in [6.07, 6.45) is 0. The molecule has 0 amide bonds. The third-order valence-corrected chi connectivity index (χ3v) is 2.58. The molecular weight excluding hydrogens is 296 g/mol. The van der Waals surface area contributed by atoms with E-state index < -0.39 is 10.9 Å². The smallest absolute Gasteiger partial charge is 0.342 e. The SMILES string of the molecule is O=C(O)c1ccccc1[N+](=O)[O-].OCCN(CCO)CCO. The van der Waals surface area contributed by atoms with Gasteiger partial charge in [0.2, 0.25) is 0 Å². The zero-order chi connectivity index (χ0) is 17.0. The fraction of sp³-hybridized carbons (Fsp3) is 0.462. The van der Waals surface area contributed by atoms with Crippen molar-refractivity contribution in [2.45, 2.75) is 0 Å². The molecule has 9 nitrogen and oxygen atoms in total. The zero-order valence-corrected chi connectivity index (χ0v) is 12.0. The number of nitrogens with zero attached hydrogens (tertiary/aromatic N) is 2. The topological polar surface area (TPSA) is 144 Å². The van der Waals surface area contributed by atoms with Gasteiger partial charge < -0.3 is 20.4 Å². The summed E-state index contributed by atoms with van der Waals surface area (Å²) in [7, 11) is 0. The van der Waals surface area contributed by atoms with E-state index in [4.69, 9.17) is 20.4 Å². The molecule has 0 aliphatic rings. The van der Waals surface area contributed by atoms with Crippen LogP contribution in [0, 0.1) is 10.1 Å². The van der Waals surface area contributed by atoms with Crippen molar-refractivity contribution in [2.75, 3.05) is 39.5 Å². The Morgan fingerprint density at radius 2 is 1.50 bits per heavy atom. The van der Waals surface area contributed by atoms with E-state index in [0.29, 0.717) is 19.6 Å². The number of aliphatic hydroxyl groups excluding tert-OH is 3. The maximum Gasteiger partial charge on any atom is 0.342 e. The quantitative estimate of drug-likeness (QED) is 0.373. The van der Waals surface area contributed by atoms with Gasteiger partial charge in [0.05, 0.1) is 24.7 Å². The molecule has 0 heterocycles. The summed E-state index contributed by atoms with van der Waals surface area (Å²) in [5, 5.41) is 44.2. The molecule has 0 aliphatic heterocycles. The number of carboxylic acid groups (broad SMARTS) is 1. The van der Waals surface area contributed by atoms with Gasteiger partial charge in [0.1, 0.15) is 5.56 Å². The molecule has 1 aromatic carbocycles. The first-order valence-electron chi connectivity index (χ1n) is 6.49. The number of hydrogen-bond donors (Lipinski definition) is 4. The van der Waals surface area contributed by atoms with Crippen molar-refractivity contribution in [2.24, 2.45) is 0 Å². The summed E-state index contributed by atoms with van der Waals surface area (Å²) >= 11 is 0. The van der Waals surface area contributed by atoms with Crippen LogP contribution >= 0.6 is 0 Å². The number of benzene rings is 1. The highest BCUT2D eigenvalue weighted by Gasteiger charge is 2.17. The first-order chi connectivity index (χ1) is 10.5. The predicted octanol–water partition coefficient (Wildman–Crippen LogP) is -0.442. The molecule has 22 heavy (non-hydrogen) atoms. The minimum absolute atomic E-state index is 0.0694. The molecule has 1 rings (SSSR count). The van der Waals surface area contributed by atoms with Crippen LogP contribution in [0.25, 0.3) is 0 Å². The molecule has 0 saturated carbocycles. The largest absolute Gasteiger partial charge is 0.477 e. The molecule has 124 valence electrons. The molecule has 1 aromatic rings. The van der Waals surface area contributed by atoms with Gasteiger partial charge in [0.15, 0.2) is 0 Å². The van der Waals surface area contributed by atoms with Crippen molar-refractivity contribution in [3.05, 3.63) is 39.9 Å². The first-order valence-corrected chi connectivity index (χ1v) is 6.49. The third kappa shape index (κ3) is 7.64. The summed E-state index contributed by atoms with van der Waals surface area (Å²) in [5.41, 5.74) is -0.674. The molecule has 4 N–H and O–H groups in total. The average molecular weight is 316 g/mol. The number of para-hydroxylation sites is 1. The van der Waals surface area contributed by atoms with Gasteiger partial charge in [-0.25, -0.2) is 4.79 Å². The Bertz CT molecular complexity index is 420. The molecule has 0 saturated heterocycles. The Morgan fingerprint density at radius 1 is 1.05 bits per heavy atom. The van der Waals surface area contributed by atoms with Crippen LogP contribution in [0.15, 0.2) is 24.3 Å².